The van der Waals surface area contributed by atoms with Gasteiger partial charge in [-0.05, 0) is 39.0 Å². The van der Waals surface area contributed by atoms with Crippen LogP contribution >= 0.6 is 0 Å². The Morgan fingerprint density at radius 3 is 2.35 bits per heavy atom. The Kier molecular flexibility index (Phi) is 5.42. The van der Waals surface area contributed by atoms with Crippen LogP contribution in [0.4, 0.5) is 0 Å². The van der Waals surface area contributed by atoms with Gasteiger partial charge in [-0.2, -0.15) is 0 Å². The van der Waals surface area contributed by atoms with Crippen molar-refractivity contribution < 1.29 is 4.74 Å². The van der Waals surface area contributed by atoms with E-state index in [4.69, 9.17) is 10.5 Å². The minimum atomic E-state index is -0.215. The Labute approximate surface area is 107 Å². The Bertz CT molecular complexity index is 224. The molecule has 102 valence electrons. The highest BCUT2D eigenvalue weighted by Crippen LogP contribution is 2.28. The number of methoxy groups -OCH3 is 1. The van der Waals surface area contributed by atoms with E-state index in [-0.39, 0.29) is 11.6 Å². The summed E-state index contributed by atoms with van der Waals surface area (Å²) < 4.78 is 5.45. The van der Waals surface area contributed by atoms with Crippen LogP contribution in [0.25, 0.3) is 0 Å². The third-order valence-corrected chi connectivity index (χ3v) is 3.81. The molecule has 17 heavy (non-hydrogen) atoms. The molecule has 0 aliphatic heterocycles. The first kappa shape index (κ1) is 14.9. The van der Waals surface area contributed by atoms with Crippen molar-refractivity contribution >= 4 is 0 Å². The summed E-state index contributed by atoms with van der Waals surface area (Å²) in [7, 11) is 1.74. The van der Waals surface area contributed by atoms with Crippen LogP contribution < -0.4 is 5.73 Å². The number of rotatable bonds is 8. The molecule has 1 aliphatic rings. The summed E-state index contributed by atoms with van der Waals surface area (Å²) in [6.45, 7) is 11.0. The van der Waals surface area contributed by atoms with Crippen LogP contribution in [-0.4, -0.2) is 42.8 Å². The monoisotopic (exact) mass is 242 g/mol. The maximum Gasteiger partial charge on any atom is 0.0773 e. The molecule has 1 aliphatic carbocycles. The van der Waals surface area contributed by atoms with Crippen LogP contribution in [-0.2, 0) is 4.74 Å². The molecule has 0 bridgehead atoms. The first-order chi connectivity index (χ1) is 7.86. The van der Waals surface area contributed by atoms with Gasteiger partial charge >= 0.3 is 0 Å². The molecule has 0 radical (unpaired) electrons. The number of nitrogens with zero attached hydrogens (tertiary/aromatic N) is 1. The smallest absolute Gasteiger partial charge is 0.0773 e. The molecule has 0 aromatic heterocycles. The molecule has 1 fully saturated rings. The van der Waals surface area contributed by atoms with Gasteiger partial charge in [0.2, 0.25) is 0 Å². The normalized spacial score (nSPS) is 19.1. The second-order valence-electron chi connectivity index (χ2n) is 6.32. The van der Waals surface area contributed by atoms with Crippen molar-refractivity contribution in [1.82, 2.24) is 4.90 Å². The Balaban J connectivity index is 2.36. The van der Waals surface area contributed by atoms with Gasteiger partial charge in [0.25, 0.3) is 0 Å². The van der Waals surface area contributed by atoms with Crippen LogP contribution in [0.3, 0.4) is 0 Å². The molecular formula is C14H30N2O. The predicted molar refractivity (Wildman–Crippen MR) is 73.1 cm³/mol. The first-order valence-electron chi connectivity index (χ1n) is 6.91. The Morgan fingerprint density at radius 2 is 1.94 bits per heavy atom. The number of hydrogen-bond acceptors (Lipinski definition) is 3. The second-order valence-corrected chi connectivity index (χ2v) is 6.32. The van der Waals surface area contributed by atoms with E-state index in [0.717, 1.165) is 24.9 Å². The zero-order chi connectivity index (χ0) is 13.1. The van der Waals surface area contributed by atoms with Crippen molar-refractivity contribution in [2.75, 3.05) is 20.2 Å². The van der Waals surface area contributed by atoms with E-state index in [9.17, 15) is 0 Å². The highest BCUT2D eigenvalue weighted by molar-refractivity contribution is 4.88. The average Bonchev–Trinajstić information content (AvgIpc) is 3.06. The molecule has 0 heterocycles. The minimum absolute atomic E-state index is 0.112. The molecule has 1 saturated carbocycles. The summed E-state index contributed by atoms with van der Waals surface area (Å²) >= 11 is 0. The standard InChI is InChI=1S/C14H30N2O/c1-11(2)10-16(12-6-7-12)9-8-13(15)14(3,4)17-5/h11-13H,6-10,15H2,1-5H3. The fourth-order valence-electron chi connectivity index (χ4n) is 2.14. The van der Waals surface area contributed by atoms with Gasteiger partial charge in [0.1, 0.15) is 0 Å². The van der Waals surface area contributed by atoms with Crippen LogP contribution in [0, 0.1) is 5.92 Å². The van der Waals surface area contributed by atoms with Gasteiger partial charge in [-0.1, -0.05) is 13.8 Å². The maximum atomic E-state index is 6.21. The minimum Gasteiger partial charge on any atom is -0.377 e. The topological polar surface area (TPSA) is 38.5 Å². The molecule has 0 amide bonds. The quantitative estimate of drug-likeness (QED) is 0.709. The highest BCUT2D eigenvalue weighted by Gasteiger charge is 2.31. The molecule has 0 aromatic carbocycles. The number of ether oxygens (including phenoxy) is 1. The summed E-state index contributed by atoms with van der Waals surface area (Å²) in [5.74, 6) is 0.738. The van der Waals surface area contributed by atoms with Crippen molar-refractivity contribution in [2.45, 2.75) is 64.6 Å². The molecule has 0 aromatic rings. The van der Waals surface area contributed by atoms with Crippen LogP contribution in [0.2, 0.25) is 0 Å². The lowest BCUT2D eigenvalue weighted by Gasteiger charge is -2.32. The molecule has 2 N–H and O–H groups in total. The second kappa shape index (κ2) is 6.17. The van der Waals surface area contributed by atoms with Gasteiger partial charge < -0.3 is 15.4 Å². The highest BCUT2D eigenvalue weighted by atomic mass is 16.5. The molecule has 1 unspecified atom stereocenters. The zero-order valence-corrected chi connectivity index (χ0v) is 12.2. The molecule has 3 nitrogen and oxygen atoms in total. The van der Waals surface area contributed by atoms with E-state index in [1.807, 2.05) is 0 Å². The first-order valence-corrected chi connectivity index (χ1v) is 6.91. The maximum absolute atomic E-state index is 6.21. The van der Waals surface area contributed by atoms with Crippen LogP contribution in [0.5, 0.6) is 0 Å². The molecule has 1 atom stereocenters. The summed E-state index contributed by atoms with van der Waals surface area (Å²) in [4.78, 5) is 2.61. The number of hydrogen-bond donors (Lipinski definition) is 1. The average molecular weight is 242 g/mol. The van der Waals surface area contributed by atoms with Gasteiger partial charge in [-0.15, -0.1) is 0 Å². The van der Waals surface area contributed by atoms with Crippen LogP contribution in [0.1, 0.15) is 47.0 Å². The van der Waals surface area contributed by atoms with E-state index in [2.05, 4.69) is 32.6 Å². The third kappa shape index (κ3) is 4.94. The van der Waals surface area contributed by atoms with Crippen molar-refractivity contribution in [3.63, 3.8) is 0 Å². The van der Waals surface area contributed by atoms with Gasteiger partial charge in [-0.3, -0.25) is 0 Å². The van der Waals surface area contributed by atoms with Crippen molar-refractivity contribution in [2.24, 2.45) is 11.7 Å². The van der Waals surface area contributed by atoms with E-state index >= 15 is 0 Å². The van der Waals surface area contributed by atoms with Crippen molar-refractivity contribution in [3.8, 4) is 0 Å². The number of nitrogens with two attached hydrogens (primary N) is 1. The van der Waals surface area contributed by atoms with E-state index < -0.39 is 0 Å². The van der Waals surface area contributed by atoms with E-state index in [1.54, 1.807) is 7.11 Å². The fraction of sp³-hybridized carbons (Fsp3) is 1.00. The lowest BCUT2D eigenvalue weighted by atomic mass is 9.96. The van der Waals surface area contributed by atoms with Gasteiger partial charge in [0.15, 0.2) is 0 Å². The Morgan fingerprint density at radius 1 is 1.35 bits per heavy atom. The molecule has 3 heteroatoms. The largest absolute Gasteiger partial charge is 0.377 e. The fourth-order valence-corrected chi connectivity index (χ4v) is 2.14. The summed E-state index contributed by atoms with van der Waals surface area (Å²) in [6.07, 6.45) is 3.76. The molecule has 1 rings (SSSR count). The summed E-state index contributed by atoms with van der Waals surface area (Å²) in [5, 5.41) is 0. The van der Waals surface area contributed by atoms with Crippen molar-refractivity contribution in [3.05, 3.63) is 0 Å². The zero-order valence-electron chi connectivity index (χ0n) is 12.2. The lowest BCUT2D eigenvalue weighted by molar-refractivity contribution is -0.00414. The lowest BCUT2D eigenvalue weighted by Crippen LogP contribution is -2.47. The molecule has 0 spiro atoms. The molecule has 0 saturated heterocycles. The van der Waals surface area contributed by atoms with E-state index in [1.165, 1.54) is 19.4 Å². The predicted octanol–water partition coefficient (Wildman–Crippen LogP) is 2.25. The summed E-state index contributed by atoms with van der Waals surface area (Å²) in [5.41, 5.74) is 5.99. The summed E-state index contributed by atoms with van der Waals surface area (Å²) in [6, 6.07) is 0.941. The van der Waals surface area contributed by atoms with Gasteiger partial charge in [0.05, 0.1) is 5.60 Å². The van der Waals surface area contributed by atoms with Gasteiger partial charge in [0, 0.05) is 32.3 Å². The van der Waals surface area contributed by atoms with Crippen molar-refractivity contribution in [1.29, 1.82) is 0 Å². The van der Waals surface area contributed by atoms with Crippen LogP contribution in [0.15, 0.2) is 0 Å². The SMILES string of the molecule is COC(C)(C)C(N)CCN(CC(C)C)C1CC1. The Hall–Kier alpha value is -0.120. The third-order valence-electron chi connectivity index (χ3n) is 3.81. The van der Waals surface area contributed by atoms with E-state index in [0.29, 0.717) is 0 Å². The molecular weight excluding hydrogens is 212 g/mol. The van der Waals surface area contributed by atoms with Gasteiger partial charge in [-0.25, -0.2) is 0 Å².